The third-order valence-corrected chi connectivity index (χ3v) is 3.17. The molecule has 2 aromatic rings. The van der Waals surface area contributed by atoms with Crippen LogP contribution in [0.4, 0.5) is 0 Å². The second-order valence-electron chi connectivity index (χ2n) is 4.04. The van der Waals surface area contributed by atoms with Gasteiger partial charge in [-0.2, -0.15) is 5.10 Å². The van der Waals surface area contributed by atoms with Crippen LogP contribution in [0.2, 0.25) is 0 Å². The Morgan fingerprint density at radius 2 is 2.18 bits per heavy atom. The third kappa shape index (κ3) is 2.58. The summed E-state index contributed by atoms with van der Waals surface area (Å²) in [4.78, 5) is 0. The van der Waals surface area contributed by atoms with Gasteiger partial charge in [-0.3, -0.25) is 4.68 Å². The molecule has 3 nitrogen and oxygen atoms in total. The van der Waals surface area contributed by atoms with Crippen molar-refractivity contribution in [3.63, 3.8) is 0 Å². The number of nitrogens with zero attached hydrogens (tertiary/aromatic N) is 2. The van der Waals surface area contributed by atoms with Crippen LogP contribution in [0.5, 0.6) is 0 Å². The van der Waals surface area contributed by atoms with E-state index in [9.17, 15) is 5.11 Å². The predicted molar refractivity (Wildman–Crippen MR) is 70.8 cm³/mol. The normalized spacial score (nSPS) is 12.7. The largest absolute Gasteiger partial charge is 0.382 e. The lowest BCUT2D eigenvalue weighted by Crippen LogP contribution is -2.09. The number of aryl methyl sites for hydroxylation is 2. The zero-order valence-electron chi connectivity index (χ0n) is 9.89. The van der Waals surface area contributed by atoms with Crippen molar-refractivity contribution in [2.45, 2.75) is 26.5 Å². The van der Waals surface area contributed by atoms with Gasteiger partial charge >= 0.3 is 0 Å². The Morgan fingerprint density at radius 3 is 2.82 bits per heavy atom. The zero-order chi connectivity index (χ0) is 12.4. The van der Waals surface area contributed by atoms with E-state index in [1.807, 2.05) is 38.1 Å². The van der Waals surface area contributed by atoms with E-state index >= 15 is 0 Å². The van der Waals surface area contributed by atoms with Crippen LogP contribution in [0.1, 0.15) is 29.8 Å². The standard InChI is InChI=1S/C13H15BrN2O/c1-3-16-12(4-5-15-16)13(17)10-6-9(2)7-11(14)8-10/h4-8,13,17H,3H2,1-2H3. The van der Waals surface area contributed by atoms with Crippen molar-refractivity contribution < 1.29 is 5.11 Å². The molecule has 0 radical (unpaired) electrons. The molecule has 0 aliphatic heterocycles. The Balaban J connectivity index is 2.39. The highest BCUT2D eigenvalue weighted by atomic mass is 79.9. The van der Waals surface area contributed by atoms with E-state index in [1.165, 1.54) is 0 Å². The lowest BCUT2D eigenvalue weighted by atomic mass is 10.0. The van der Waals surface area contributed by atoms with Gasteiger partial charge in [0, 0.05) is 17.2 Å². The molecule has 1 aromatic heterocycles. The number of hydrogen-bond donors (Lipinski definition) is 1. The van der Waals surface area contributed by atoms with Crippen LogP contribution in [-0.2, 0) is 6.54 Å². The molecule has 0 aliphatic rings. The van der Waals surface area contributed by atoms with Gasteiger partial charge in [-0.15, -0.1) is 0 Å². The average molecular weight is 295 g/mol. The Labute approximate surface area is 109 Å². The topological polar surface area (TPSA) is 38.0 Å². The van der Waals surface area contributed by atoms with Crippen molar-refractivity contribution in [2.75, 3.05) is 0 Å². The molecule has 1 aromatic carbocycles. The predicted octanol–water partition coefficient (Wildman–Crippen LogP) is 3.06. The van der Waals surface area contributed by atoms with Crippen molar-refractivity contribution in [3.8, 4) is 0 Å². The third-order valence-electron chi connectivity index (χ3n) is 2.71. The molecule has 1 N–H and O–H groups in total. The van der Waals surface area contributed by atoms with Crippen molar-refractivity contribution >= 4 is 15.9 Å². The van der Waals surface area contributed by atoms with Gasteiger partial charge in [0.15, 0.2) is 0 Å². The highest BCUT2D eigenvalue weighted by molar-refractivity contribution is 9.10. The fourth-order valence-electron chi connectivity index (χ4n) is 1.93. The van der Waals surface area contributed by atoms with E-state index in [2.05, 4.69) is 21.0 Å². The molecule has 4 heteroatoms. The summed E-state index contributed by atoms with van der Waals surface area (Å²) in [5.74, 6) is 0. The second-order valence-corrected chi connectivity index (χ2v) is 4.95. The molecule has 0 saturated heterocycles. The van der Waals surface area contributed by atoms with Gasteiger partial charge in [0.1, 0.15) is 6.10 Å². The van der Waals surface area contributed by atoms with E-state index in [1.54, 1.807) is 10.9 Å². The van der Waals surface area contributed by atoms with Gasteiger partial charge in [0.2, 0.25) is 0 Å². The van der Waals surface area contributed by atoms with Gasteiger partial charge in [0.05, 0.1) is 5.69 Å². The summed E-state index contributed by atoms with van der Waals surface area (Å²) in [5.41, 5.74) is 2.83. The monoisotopic (exact) mass is 294 g/mol. The minimum atomic E-state index is -0.631. The first-order valence-corrected chi connectivity index (χ1v) is 6.38. The Kier molecular flexibility index (Phi) is 3.64. The Hall–Kier alpha value is -1.13. The molecule has 0 bridgehead atoms. The molecule has 0 aliphatic carbocycles. The number of aromatic nitrogens is 2. The van der Waals surface area contributed by atoms with E-state index in [4.69, 9.17) is 0 Å². The quantitative estimate of drug-likeness (QED) is 0.945. The number of aliphatic hydroxyl groups excluding tert-OH is 1. The van der Waals surface area contributed by atoms with Crippen LogP contribution in [0, 0.1) is 6.92 Å². The van der Waals surface area contributed by atoms with Gasteiger partial charge in [-0.25, -0.2) is 0 Å². The molecule has 0 spiro atoms. The first-order valence-electron chi connectivity index (χ1n) is 5.58. The maximum absolute atomic E-state index is 10.4. The molecule has 1 unspecified atom stereocenters. The summed E-state index contributed by atoms with van der Waals surface area (Å²) in [6, 6.07) is 7.80. The summed E-state index contributed by atoms with van der Waals surface area (Å²) in [6.45, 7) is 4.78. The highest BCUT2D eigenvalue weighted by Crippen LogP contribution is 2.25. The first-order chi connectivity index (χ1) is 8.11. The molecule has 2 rings (SSSR count). The molecule has 90 valence electrons. The molecule has 0 fully saturated rings. The summed E-state index contributed by atoms with van der Waals surface area (Å²) in [5, 5.41) is 14.5. The van der Waals surface area contributed by atoms with Crippen LogP contribution in [-0.4, -0.2) is 14.9 Å². The van der Waals surface area contributed by atoms with E-state index in [0.717, 1.165) is 27.8 Å². The number of rotatable bonds is 3. The van der Waals surface area contributed by atoms with Crippen molar-refractivity contribution in [3.05, 3.63) is 51.8 Å². The van der Waals surface area contributed by atoms with Crippen LogP contribution < -0.4 is 0 Å². The summed E-state index contributed by atoms with van der Waals surface area (Å²) in [7, 11) is 0. The minimum absolute atomic E-state index is 0.631. The summed E-state index contributed by atoms with van der Waals surface area (Å²) < 4.78 is 2.79. The molecule has 0 saturated carbocycles. The second kappa shape index (κ2) is 5.02. The first kappa shape index (κ1) is 12.3. The Bertz CT molecular complexity index is 502. The number of halogens is 1. The maximum Gasteiger partial charge on any atom is 0.121 e. The number of aliphatic hydroxyl groups is 1. The van der Waals surface area contributed by atoms with Gasteiger partial charge in [-0.05, 0) is 43.2 Å². The molecular weight excluding hydrogens is 280 g/mol. The average Bonchev–Trinajstić information content (AvgIpc) is 2.74. The fraction of sp³-hybridized carbons (Fsp3) is 0.308. The Morgan fingerprint density at radius 1 is 1.41 bits per heavy atom. The highest BCUT2D eigenvalue weighted by Gasteiger charge is 2.15. The van der Waals surface area contributed by atoms with Gasteiger partial charge < -0.3 is 5.11 Å². The summed E-state index contributed by atoms with van der Waals surface area (Å²) in [6.07, 6.45) is 1.08. The number of benzene rings is 1. The van der Waals surface area contributed by atoms with E-state index in [0.29, 0.717) is 0 Å². The molecule has 1 atom stereocenters. The summed E-state index contributed by atoms with van der Waals surface area (Å²) >= 11 is 3.45. The molecular formula is C13H15BrN2O. The van der Waals surface area contributed by atoms with Crippen LogP contribution in [0.3, 0.4) is 0 Å². The SMILES string of the molecule is CCn1nccc1C(O)c1cc(C)cc(Br)c1. The maximum atomic E-state index is 10.4. The lowest BCUT2D eigenvalue weighted by Gasteiger charge is -2.13. The van der Waals surface area contributed by atoms with Crippen molar-refractivity contribution in [1.29, 1.82) is 0 Å². The minimum Gasteiger partial charge on any atom is -0.382 e. The van der Waals surface area contributed by atoms with Gasteiger partial charge in [-0.1, -0.05) is 22.0 Å². The lowest BCUT2D eigenvalue weighted by molar-refractivity contribution is 0.208. The molecule has 17 heavy (non-hydrogen) atoms. The van der Waals surface area contributed by atoms with Crippen molar-refractivity contribution in [1.82, 2.24) is 9.78 Å². The van der Waals surface area contributed by atoms with E-state index < -0.39 is 6.10 Å². The molecule has 1 heterocycles. The smallest absolute Gasteiger partial charge is 0.121 e. The van der Waals surface area contributed by atoms with Crippen molar-refractivity contribution in [2.24, 2.45) is 0 Å². The van der Waals surface area contributed by atoms with Gasteiger partial charge in [0.25, 0.3) is 0 Å². The number of hydrogen-bond acceptors (Lipinski definition) is 2. The van der Waals surface area contributed by atoms with Crippen LogP contribution >= 0.6 is 15.9 Å². The van der Waals surface area contributed by atoms with Crippen LogP contribution in [0.25, 0.3) is 0 Å². The zero-order valence-corrected chi connectivity index (χ0v) is 11.5. The fourth-order valence-corrected chi connectivity index (χ4v) is 2.56. The van der Waals surface area contributed by atoms with Crippen LogP contribution in [0.15, 0.2) is 34.9 Å². The molecule has 0 amide bonds. The van der Waals surface area contributed by atoms with E-state index in [-0.39, 0.29) is 0 Å².